The molecule has 4 nitrogen and oxygen atoms in total. The molecule has 1 fully saturated rings. The Morgan fingerprint density at radius 1 is 1.28 bits per heavy atom. The van der Waals surface area contributed by atoms with E-state index in [-0.39, 0.29) is 5.82 Å². The highest BCUT2D eigenvalue weighted by atomic mass is 19.1. The Morgan fingerprint density at radius 2 is 2.07 bits per heavy atom. The summed E-state index contributed by atoms with van der Waals surface area (Å²) in [5.74, 6) is 1.45. The summed E-state index contributed by atoms with van der Waals surface area (Å²) in [4.78, 5) is 4.61. The first-order valence-corrected chi connectivity index (χ1v) is 10.6. The lowest BCUT2D eigenvalue weighted by atomic mass is 9.95. The Bertz CT molecular complexity index is 829. The van der Waals surface area contributed by atoms with Gasteiger partial charge >= 0.3 is 0 Å². The first kappa shape index (κ1) is 21.3. The number of ether oxygens (including phenoxy) is 1. The molecule has 2 N–H and O–H groups in total. The van der Waals surface area contributed by atoms with E-state index in [0.717, 1.165) is 56.1 Å². The second-order valence-electron chi connectivity index (χ2n) is 7.91. The van der Waals surface area contributed by atoms with Gasteiger partial charge in [-0.2, -0.15) is 0 Å². The van der Waals surface area contributed by atoms with Gasteiger partial charge in [-0.15, -0.1) is 0 Å². The average molecular weight is 398 g/mol. The third-order valence-electron chi connectivity index (χ3n) is 5.28. The van der Waals surface area contributed by atoms with Crippen LogP contribution in [0.2, 0.25) is 0 Å². The van der Waals surface area contributed by atoms with E-state index in [9.17, 15) is 4.39 Å². The second-order valence-corrected chi connectivity index (χ2v) is 7.91. The number of pyridine rings is 1. The molecule has 0 bridgehead atoms. The normalized spacial score (nSPS) is 15.6. The van der Waals surface area contributed by atoms with Gasteiger partial charge < -0.3 is 15.4 Å². The summed E-state index contributed by atoms with van der Waals surface area (Å²) in [6, 6.07) is 8.52. The van der Waals surface area contributed by atoms with Gasteiger partial charge in [-0.3, -0.25) is 0 Å². The third kappa shape index (κ3) is 6.04. The van der Waals surface area contributed by atoms with Crippen LogP contribution in [0, 0.1) is 11.7 Å². The minimum absolute atomic E-state index is 0.263. The molecule has 29 heavy (non-hydrogen) atoms. The molecule has 156 valence electrons. The van der Waals surface area contributed by atoms with Crippen LogP contribution in [-0.4, -0.2) is 24.7 Å². The van der Waals surface area contributed by atoms with Crippen molar-refractivity contribution in [2.24, 2.45) is 5.92 Å². The number of allylic oxidation sites excluding steroid dienone is 1. The van der Waals surface area contributed by atoms with Crippen molar-refractivity contribution in [2.45, 2.75) is 46.0 Å². The summed E-state index contributed by atoms with van der Waals surface area (Å²) in [7, 11) is 0. The number of nitrogens with one attached hydrogen (secondary N) is 2. The zero-order valence-electron chi connectivity index (χ0n) is 17.7. The number of benzene rings is 1. The molecular formula is C24H32FN3O. The smallest absolute Gasteiger partial charge is 0.130 e. The molecule has 2 aromatic rings. The third-order valence-corrected chi connectivity index (χ3v) is 5.28. The van der Waals surface area contributed by atoms with E-state index < -0.39 is 0 Å². The topological polar surface area (TPSA) is 46.2 Å². The molecule has 0 saturated carbocycles. The van der Waals surface area contributed by atoms with Crippen molar-refractivity contribution in [3.05, 3.63) is 59.5 Å². The standard InChI is InChI=1S/C24H32FN3O/c1-4-6-23(26-15-18-9-11-29-12-10-18)22-16-27-24(14-21(22)17(2)3)28-20-8-5-7-19(25)13-20/h5-8,13-14,16-18,26H,4,9-12,15H2,1-3H3,(H,27,28). The first-order chi connectivity index (χ1) is 14.1. The predicted octanol–water partition coefficient (Wildman–Crippen LogP) is 5.85. The fourth-order valence-corrected chi connectivity index (χ4v) is 3.64. The first-order valence-electron chi connectivity index (χ1n) is 10.6. The zero-order valence-corrected chi connectivity index (χ0v) is 17.7. The minimum atomic E-state index is -0.263. The maximum atomic E-state index is 13.5. The molecule has 0 aliphatic carbocycles. The van der Waals surface area contributed by atoms with E-state index in [1.807, 2.05) is 12.3 Å². The van der Waals surface area contributed by atoms with Gasteiger partial charge in [0.05, 0.1) is 0 Å². The highest BCUT2D eigenvalue weighted by molar-refractivity contribution is 5.69. The number of nitrogens with zero attached hydrogens (tertiary/aromatic N) is 1. The maximum absolute atomic E-state index is 13.5. The summed E-state index contributed by atoms with van der Waals surface area (Å²) >= 11 is 0. The van der Waals surface area contributed by atoms with Crippen molar-refractivity contribution in [3.8, 4) is 0 Å². The summed E-state index contributed by atoms with van der Waals surface area (Å²) in [5, 5.41) is 6.89. The molecule has 2 heterocycles. The van der Waals surface area contributed by atoms with Gasteiger partial charge in [-0.1, -0.05) is 32.9 Å². The van der Waals surface area contributed by atoms with Gasteiger partial charge in [0.15, 0.2) is 0 Å². The van der Waals surface area contributed by atoms with E-state index >= 15 is 0 Å². The lowest BCUT2D eigenvalue weighted by Crippen LogP contribution is -2.27. The summed E-state index contributed by atoms with van der Waals surface area (Å²) < 4.78 is 19.0. The molecule has 0 spiro atoms. The molecule has 0 radical (unpaired) electrons. The molecular weight excluding hydrogens is 365 g/mol. The lowest BCUT2D eigenvalue weighted by Gasteiger charge is -2.25. The van der Waals surface area contributed by atoms with Crippen LogP contribution < -0.4 is 10.6 Å². The maximum Gasteiger partial charge on any atom is 0.130 e. The fourth-order valence-electron chi connectivity index (χ4n) is 3.64. The molecule has 0 amide bonds. The fraction of sp³-hybridized carbons (Fsp3) is 0.458. The van der Waals surface area contributed by atoms with Gasteiger partial charge in [-0.25, -0.2) is 9.37 Å². The van der Waals surface area contributed by atoms with Crippen molar-refractivity contribution in [1.29, 1.82) is 0 Å². The number of hydrogen-bond acceptors (Lipinski definition) is 4. The van der Waals surface area contributed by atoms with Crippen molar-refractivity contribution in [1.82, 2.24) is 10.3 Å². The Labute approximate surface area is 173 Å². The van der Waals surface area contributed by atoms with Crippen LogP contribution in [0.4, 0.5) is 15.9 Å². The predicted molar refractivity (Wildman–Crippen MR) is 118 cm³/mol. The average Bonchev–Trinajstić information content (AvgIpc) is 2.72. The van der Waals surface area contributed by atoms with Gasteiger partial charge in [0.25, 0.3) is 0 Å². The molecule has 0 atom stereocenters. The highest BCUT2D eigenvalue weighted by Crippen LogP contribution is 2.28. The quantitative estimate of drug-likeness (QED) is 0.586. The van der Waals surface area contributed by atoms with Crippen molar-refractivity contribution in [3.63, 3.8) is 0 Å². The largest absolute Gasteiger partial charge is 0.384 e. The molecule has 1 aliphatic heterocycles. The highest BCUT2D eigenvalue weighted by Gasteiger charge is 2.17. The minimum Gasteiger partial charge on any atom is -0.384 e. The Balaban J connectivity index is 1.80. The number of anilines is 2. The van der Waals surface area contributed by atoms with Crippen LogP contribution in [0.1, 0.15) is 57.1 Å². The van der Waals surface area contributed by atoms with Crippen molar-refractivity contribution < 1.29 is 9.13 Å². The van der Waals surface area contributed by atoms with Crippen LogP contribution in [-0.2, 0) is 4.74 Å². The molecule has 1 saturated heterocycles. The lowest BCUT2D eigenvalue weighted by molar-refractivity contribution is 0.0674. The molecule has 5 heteroatoms. The summed E-state index contributed by atoms with van der Waals surface area (Å²) in [5.41, 5.74) is 4.20. The van der Waals surface area contributed by atoms with E-state index in [1.165, 1.54) is 17.7 Å². The Kier molecular flexibility index (Phi) is 7.64. The number of hydrogen-bond donors (Lipinski definition) is 2. The molecule has 1 aromatic heterocycles. The van der Waals surface area contributed by atoms with Gasteiger partial charge in [0.1, 0.15) is 11.6 Å². The van der Waals surface area contributed by atoms with E-state index in [4.69, 9.17) is 4.74 Å². The SMILES string of the molecule is CCC=C(NCC1CCOCC1)c1cnc(Nc2cccc(F)c2)cc1C(C)C. The van der Waals surface area contributed by atoms with Crippen LogP contribution >= 0.6 is 0 Å². The number of halogens is 1. The van der Waals surface area contributed by atoms with Crippen molar-refractivity contribution >= 4 is 17.2 Å². The van der Waals surface area contributed by atoms with E-state index in [1.54, 1.807) is 6.07 Å². The van der Waals surface area contributed by atoms with Crippen LogP contribution in [0.15, 0.2) is 42.6 Å². The van der Waals surface area contributed by atoms with Gasteiger partial charge in [0.2, 0.25) is 0 Å². The monoisotopic (exact) mass is 397 g/mol. The molecule has 1 aromatic carbocycles. The van der Waals surface area contributed by atoms with Crippen LogP contribution in [0.3, 0.4) is 0 Å². The molecule has 0 unspecified atom stereocenters. The second kappa shape index (κ2) is 10.4. The zero-order chi connectivity index (χ0) is 20.6. The number of aromatic nitrogens is 1. The van der Waals surface area contributed by atoms with Crippen LogP contribution in [0.5, 0.6) is 0 Å². The molecule has 1 aliphatic rings. The Hall–Kier alpha value is -2.40. The van der Waals surface area contributed by atoms with Gasteiger partial charge in [-0.05, 0) is 60.9 Å². The Morgan fingerprint density at radius 3 is 2.76 bits per heavy atom. The number of rotatable bonds is 8. The molecule has 3 rings (SSSR count). The van der Waals surface area contributed by atoms with E-state index in [2.05, 4.69) is 48.5 Å². The van der Waals surface area contributed by atoms with E-state index in [0.29, 0.717) is 17.5 Å². The van der Waals surface area contributed by atoms with Gasteiger partial charge in [0, 0.05) is 42.9 Å². The summed E-state index contributed by atoms with van der Waals surface area (Å²) in [6.45, 7) is 9.20. The summed E-state index contributed by atoms with van der Waals surface area (Å²) in [6.07, 6.45) is 7.34. The van der Waals surface area contributed by atoms with Crippen LogP contribution in [0.25, 0.3) is 5.70 Å². The van der Waals surface area contributed by atoms with Crippen molar-refractivity contribution in [2.75, 3.05) is 25.1 Å².